The second kappa shape index (κ2) is 6.84. The van der Waals surface area contributed by atoms with E-state index in [-0.39, 0.29) is 24.0 Å². The highest BCUT2D eigenvalue weighted by Crippen LogP contribution is 2.29. The Morgan fingerprint density at radius 1 is 1.48 bits per heavy atom. The lowest BCUT2D eigenvalue weighted by molar-refractivity contribution is -0.384. The second-order valence-corrected chi connectivity index (χ2v) is 5.82. The fourth-order valence-electron chi connectivity index (χ4n) is 2.41. The number of pyridine rings is 1. The molecule has 0 aromatic carbocycles. The Morgan fingerprint density at radius 3 is 2.90 bits per heavy atom. The van der Waals surface area contributed by atoms with E-state index in [9.17, 15) is 14.9 Å². The molecule has 0 aliphatic carbocycles. The summed E-state index contributed by atoms with van der Waals surface area (Å²) in [6.07, 6.45) is 3.20. The number of nitro groups is 1. The summed E-state index contributed by atoms with van der Waals surface area (Å²) in [7, 11) is 0. The molecular formula is C13H17BrN4O3. The normalized spacial score (nSPS) is 16.0. The number of hydrogen-bond acceptors (Lipinski definition) is 5. The average molecular weight is 357 g/mol. The van der Waals surface area contributed by atoms with Crippen LogP contribution in [0, 0.1) is 10.1 Å². The van der Waals surface area contributed by atoms with Crippen LogP contribution >= 0.6 is 15.9 Å². The lowest BCUT2D eigenvalue weighted by Gasteiger charge is -2.21. The average Bonchev–Trinajstić information content (AvgIpc) is 2.62. The third-order valence-corrected chi connectivity index (χ3v) is 3.77. The molecular weight excluding hydrogens is 340 g/mol. The summed E-state index contributed by atoms with van der Waals surface area (Å²) in [5, 5.41) is 11.2. The van der Waals surface area contributed by atoms with Crippen LogP contribution in [0.5, 0.6) is 0 Å². The van der Waals surface area contributed by atoms with Gasteiger partial charge in [0.05, 0.1) is 11.5 Å². The lowest BCUT2D eigenvalue weighted by Crippen LogP contribution is -2.37. The van der Waals surface area contributed by atoms with E-state index in [2.05, 4.69) is 20.9 Å². The van der Waals surface area contributed by atoms with Crippen molar-refractivity contribution in [3.05, 3.63) is 26.9 Å². The van der Waals surface area contributed by atoms with E-state index in [4.69, 9.17) is 0 Å². The van der Waals surface area contributed by atoms with Crippen molar-refractivity contribution >= 4 is 33.3 Å². The van der Waals surface area contributed by atoms with E-state index in [1.165, 1.54) is 12.3 Å². The zero-order valence-electron chi connectivity index (χ0n) is 11.8. The quantitative estimate of drug-likeness (QED) is 0.610. The first-order valence-electron chi connectivity index (χ1n) is 6.85. The van der Waals surface area contributed by atoms with Crippen molar-refractivity contribution < 1.29 is 9.72 Å². The van der Waals surface area contributed by atoms with Crippen LogP contribution in [0.15, 0.2) is 16.7 Å². The van der Waals surface area contributed by atoms with Crippen LogP contribution in [0.25, 0.3) is 0 Å². The highest BCUT2D eigenvalue weighted by Gasteiger charge is 2.27. The predicted molar refractivity (Wildman–Crippen MR) is 82.3 cm³/mol. The molecule has 2 rings (SSSR count). The highest BCUT2D eigenvalue weighted by molar-refractivity contribution is 9.10. The van der Waals surface area contributed by atoms with E-state index >= 15 is 0 Å². The zero-order chi connectivity index (χ0) is 15.4. The van der Waals surface area contributed by atoms with E-state index in [0.29, 0.717) is 17.6 Å². The van der Waals surface area contributed by atoms with Crippen LogP contribution in [0.2, 0.25) is 0 Å². The summed E-state index contributed by atoms with van der Waals surface area (Å²) in [6, 6.07) is 1.42. The SMILES string of the molecule is CCCN1CCCN(c2ncc(Br)cc2[N+](=O)[O-])CC1=O. The van der Waals surface area contributed by atoms with Crippen molar-refractivity contribution in [3.63, 3.8) is 0 Å². The molecule has 1 aromatic heterocycles. The molecule has 2 heterocycles. The van der Waals surface area contributed by atoms with Gasteiger partial charge >= 0.3 is 5.69 Å². The number of rotatable bonds is 4. The third-order valence-electron chi connectivity index (χ3n) is 3.34. The van der Waals surface area contributed by atoms with Crippen molar-refractivity contribution in [2.45, 2.75) is 19.8 Å². The maximum absolute atomic E-state index is 12.2. The fourth-order valence-corrected chi connectivity index (χ4v) is 2.73. The molecule has 0 N–H and O–H groups in total. The molecule has 1 saturated heterocycles. The first kappa shape index (κ1) is 15.7. The summed E-state index contributed by atoms with van der Waals surface area (Å²) in [5.41, 5.74) is -0.0823. The van der Waals surface area contributed by atoms with E-state index < -0.39 is 4.92 Å². The molecule has 0 atom stereocenters. The fraction of sp³-hybridized carbons (Fsp3) is 0.538. The van der Waals surface area contributed by atoms with E-state index in [1.807, 2.05) is 11.8 Å². The van der Waals surface area contributed by atoms with Gasteiger partial charge in [0.1, 0.15) is 0 Å². The molecule has 0 spiro atoms. The van der Waals surface area contributed by atoms with E-state index in [1.54, 1.807) is 4.90 Å². The Bertz CT molecular complexity index is 552. The number of hydrogen-bond donors (Lipinski definition) is 0. The maximum Gasteiger partial charge on any atom is 0.312 e. The van der Waals surface area contributed by atoms with Gasteiger partial charge in [0.15, 0.2) is 0 Å². The standard InChI is InChI=1S/C13H17BrN4O3/c1-2-4-16-5-3-6-17(9-12(16)19)13-11(18(20)21)7-10(14)8-15-13/h7-8H,2-6,9H2,1H3. The Balaban J connectivity index is 2.26. The van der Waals surface area contributed by atoms with Crippen LogP contribution in [-0.2, 0) is 4.79 Å². The number of nitrogens with zero attached hydrogens (tertiary/aromatic N) is 4. The van der Waals surface area contributed by atoms with Crippen molar-refractivity contribution in [2.75, 3.05) is 31.1 Å². The van der Waals surface area contributed by atoms with Gasteiger partial charge in [0.2, 0.25) is 11.7 Å². The largest absolute Gasteiger partial charge is 0.342 e. The van der Waals surface area contributed by atoms with E-state index in [0.717, 1.165) is 19.4 Å². The zero-order valence-corrected chi connectivity index (χ0v) is 13.4. The summed E-state index contributed by atoms with van der Waals surface area (Å²) >= 11 is 3.19. The van der Waals surface area contributed by atoms with Crippen LogP contribution in [0.1, 0.15) is 19.8 Å². The topological polar surface area (TPSA) is 79.6 Å². The number of carbonyl (C=O) groups is 1. The third kappa shape index (κ3) is 3.69. The minimum Gasteiger partial charge on any atom is -0.342 e. The van der Waals surface area contributed by atoms with Crippen molar-refractivity contribution in [2.24, 2.45) is 0 Å². The van der Waals surface area contributed by atoms with Crippen LogP contribution < -0.4 is 4.90 Å². The first-order valence-corrected chi connectivity index (χ1v) is 7.65. The van der Waals surface area contributed by atoms with Gasteiger partial charge in [-0.25, -0.2) is 4.98 Å². The molecule has 21 heavy (non-hydrogen) atoms. The Kier molecular flexibility index (Phi) is 5.11. The van der Waals surface area contributed by atoms with Gasteiger partial charge in [-0.15, -0.1) is 0 Å². The van der Waals surface area contributed by atoms with Crippen molar-refractivity contribution in [1.82, 2.24) is 9.88 Å². The van der Waals surface area contributed by atoms with Crippen molar-refractivity contribution in [1.29, 1.82) is 0 Å². The summed E-state index contributed by atoms with van der Waals surface area (Å²) in [4.78, 5) is 30.6. The Labute approximate surface area is 131 Å². The number of aromatic nitrogens is 1. The molecule has 1 amide bonds. The molecule has 0 unspecified atom stereocenters. The summed E-state index contributed by atoms with van der Waals surface area (Å²) in [6.45, 7) is 4.16. The Morgan fingerprint density at radius 2 is 2.24 bits per heavy atom. The molecule has 7 nitrogen and oxygen atoms in total. The monoisotopic (exact) mass is 356 g/mol. The molecule has 0 radical (unpaired) electrons. The molecule has 1 aliphatic rings. The van der Waals surface area contributed by atoms with Crippen molar-refractivity contribution in [3.8, 4) is 0 Å². The lowest BCUT2D eigenvalue weighted by atomic mass is 10.3. The summed E-state index contributed by atoms with van der Waals surface area (Å²) < 4.78 is 0.548. The van der Waals surface area contributed by atoms with Gasteiger partial charge in [-0.2, -0.15) is 0 Å². The molecule has 1 aromatic rings. The minimum atomic E-state index is -0.466. The Hall–Kier alpha value is -1.70. The number of halogens is 1. The van der Waals surface area contributed by atoms with Gasteiger partial charge in [-0.05, 0) is 28.8 Å². The van der Waals surface area contributed by atoms with Gasteiger partial charge < -0.3 is 9.80 Å². The molecule has 114 valence electrons. The molecule has 0 bridgehead atoms. The second-order valence-electron chi connectivity index (χ2n) is 4.91. The molecule has 8 heteroatoms. The number of anilines is 1. The highest BCUT2D eigenvalue weighted by atomic mass is 79.9. The van der Waals surface area contributed by atoms with Crippen LogP contribution in [0.3, 0.4) is 0 Å². The molecule has 0 saturated carbocycles. The molecule has 1 fully saturated rings. The first-order chi connectivity index (χ1) is 10.0. The minimum absolute atomic E-state index is 0.00614. The maximum atomic E-state index is 12.2. The smallest absolute Gasteiger partial charge is 0.312 e. The molecule has 1 aliphatic heterocycles. The van der Waals surface area contributed by atoms with Crippen LogP contribution in [-0.4, -0.2) is 46.9 Å². The van der Waals surface area contributed by atoms with Gasteiger partial charge in [0, 0.05) is 36.4 Å². The summed E-state index contributed by atoms with van der Waals surface area (Å²) in [5.74, 6) is 0.253. The number of carbonyl (C=O) groups excluding carboxylic acids is 1. The van der Waals surface area contributed by atoms with Gasteiger partial charge in [-0.3, -0.25) is 14.9 Å². The van der Waals surface area contributed by atoms with Crippen LogP contribution in [0.4, 0.5) is 11.5 Å². The predicted octanol–water partition coefficient (Wildman–Crippen LogP) is 2.20. The number of amides is 1. The van der Waals surface area contributed by atoms with Gasteiger partial charge in [-0.1, -0.05) is 6.92 Å². The van der Waals surface area contributed by atoms with Gasteiger partial charge in [0.25, 0.3) is 0 Å².